The predicted octanol–water partition coefficient (Wildman–Crippen LogP) is 2.46. The summed E-state index contributed by atoms with van der Waals surface area (Å²) >= 11 is 1.33. The summed E-state index contributed by atoms with van der Waals surface area (Å²) in [6.45, 7) is 8.23. The van der Waals surface area contributed by atoms with Gasteiger partial charge in [0.1, 0.15) is 16.3 Å². The van der Waals surface area contributed by atoms with Crippen LogP contribution in [-0.4, -0.2) is 45.2 Å². The van der Waals surface area contributed by atoms with E-state index in [2.05, 4.69) is 5.32 Å². The molecule has 0 radical (unpaired) electrons. The van der Waals surface area contributed by atoms with Crippen LogP contribution in [0.25, 0.3) is 11.1 Å². The minimum Gasteiger partial charge on any atom is -0.497 e. The Labute approximate surface area is 164 Å². The molecule has 0 saturated carbocycles. The minimum atomic E-state index is -0.435. The van der Waals surface area contributed by atoms with Gasteiger partial charge >= 0.3 is 5.97 Å². The summed E-state index contributed by atoms with van der Waals surface area (Å²) in [5, 5.41) is 5.29. The molecular weight excluding hydrogens is 364 g/mol. The van der Waals surface area contributed by atoms with Crippen molar-refractivity contribution in [1.82, 2.24) is 0 Å². The summed E-state index contributed by atoms with van der Waals surface area (Å²) < 4.78 is 10.4. The molecule has 0 aliphatic rings. The van der Waals surface area contributed by atoms with Gasteiger partial charge in [-0.05, 0) is 38.5 Å². The Bertz CT molecular complexity index is 767. The number of benzene rings is 1. The molecule has 0 saturated heterocycles. The zero-order valence-corrected chi connectivity index (χ0v) is 17.1. The fourth-order valence-electron chi connectivity index (χ4n) is 2.74. The maximum atomic E-state index is 12.6. The van der Waals surface area contributed by atoms with Crippen molar-refractivity contribution in [3.63, 3.8) is 0 Å². The van der Waals surface area contributed by atoms with E-state index < -0.39 is 5.97 Å². The van der Waals surface area contributed by atoms with Crippen LogP contribution in [0.3, 0.4) is 0 Å². The lowest BCUT2D eigenvalue weighted by atomic mass is 10.0. The highest BCUT2D eigenvalue weighted by atomic mass is 32.1. The van der Waals surface area contributed by atoms with Crippen LogP contribution in [0.1, 0.15) is 31.1 Å². The number of carbonyl (C=O) groups is 2. The Kier molecular flexibility index (Phi) is 7.82. The number of carbonyl (C=O) groups excluding carboxylic acids is 2. The van der Waals surface area contributed by atoms with Crippen LogP contribution in [0.4, 0.5) is 5.00 Å². The molecule has 0 unspecified atom stereocenters. The first kappa shape index (κ1) is 20.9. The first-order chi connectivity index (χ1) is 13.0. The summed E-state index contributed by atoms with van der Waals surface area (Å²) in [6, 6.07) is 7.44. The number of nitrogens with one attached hydrogen (secondary N) is 2. The number of amides is 1. The first-order valence-corrected chi connectivity index (χ1v) is 9.98. The molecule has 0 aliphatic heterocycles. The number of likely N-dealkylation sites (N-methyl/N-ethyl adjacent to an activating group) is 1. The number of quaternary nitrogens is 1. The number of anilines is 1. The number of methoxy groups -OCH3 is 1. The molecule has 2 rings (SSSR count). The average Bonchev–Trinajstić information content (AvgIpc) is 3.09. The van der Waals surface area contributed by atoms with Gasteiger partial charge in [-0.3, -0.25) is 4.79 Å². The van der Waals surface area contributed by atoms with Gasteiger partial charge < -0.3 is 19.7 Å². The smallest absolute Gasteiger partial charge is 0.341 e. The molecular formula is C20H27N2O4S+. The second-order valence-corrected chi connectivity index (χ2v) is 6.86. The van der Waals surface area contributed by atoms with Gasteiger partial charge in [0.2, 0.25) is 0 Å². The summed E-state index contributed by atoms with van der Waals surface area (Å²) in [4.78, 5) is 26.1. The third kappa shape index (κ3) is 5.30. The number of thiophene rings is 1. The number of hydrogen-bond donors (Lipinski definition) is 2. The van der Waals surface area contributed by atoms with Crippen molar-refractivity contribution in [2.45, 2.75) is 20.8 Å². The van der Waals surface area contributed by atoms with Crippen LogP contribution >= 0.6 is 11.3 Å². The SMILES string of the molecule is CCOC(=O)c1c(-c2ccc(OC)cc2)csc1NC(=O)C[NH+](CC)CC. The predicted molar refractivity (Wildman–Crippen MR) is 108 cm³/mol. The Hall–Kier alpha value is -2.38. The van der Waals surface area contributed by atoms with Crippen LogP contribution in [0, 0.1) is 0 Å². The first-order valence-electron chi connectivity index (χ1n) is 9.10. The third-order valence-electron chi connectivity index (χ3n) is 4.34. The molecule has 1 amide bonds. The van der Waals surface area contributed by atoms with Crippen LogP contribution in [0.5, 0.6) is 5.75 Å². The Balaban J connectivity index is 2.33. The fraction of sp³-hybridized carbons (Fsp3) is 0.400. The fourth-order valence-corrected chi connectivity index (χ4v) is 3.71. The molecule has 27 heavy (non-hydrogen) atoms. The number of ether oxygens (including phenoxy) is 2. The van der Waals surface area contributed by atoms with E-state index in [1.54, 1.807) is 14.0 Å². The second kappa shape index (κ2) is 10.1. The van der Waals surface area contributed by atoms with E-state index in [-0.39, 0.29) is 12.5 Å². The molecule has 1 heterocycles. The third-order valence-corrected chi connectivity index (χ3v) is 5.23. The van der Waals surface area contributed by atoms with Crippen LogP contribution in [0.15, 0.2) is 29.6 Å². The zero-order chi connectivity index (χ0) is 19.8. The minimum absolute atomic E-state index is 0.109. The Morgan fingerprint density at radius 2 is 1.78 bits per heavy atom. The van der Waals surface area contributed by atoms with Crippen LogP contribution in [0.2, 0.25) is 0 Å². The van der Waals surface area contributed by atoms with Gasteiger partial charge in [-0.25, -0.2) is 4.79 Å². The molecule has 0 fully saturated rings. The van der Waals surface area contributed by atoms with E-state index >= 15 is 0 Å². The van der Waals surface area contributed by atoms with E-state index in [1.807, 2.05) is 43.5 Å². The molecule has 7 heteroatoms. The number of esters is 1. The van der Waals surface area contributed by atoms with Gasteiger partial charge in [0.25, 0.3) is 5.91 Å². The van der Waals surface area contributed by atoms with E-state index in [0.717, 1.165) is 30.0 Å². The zero-order valence-electron chi connectivity index (χ0n) is 16.3. The number of hydrogen-bond acceptors (Lipinski definition) is 5. The maximum Gasteiger partial charge on any atom is 0.341 e. The van der Waals surface area contributed by atoms with Crippen molar-refractivity contribution in [1.29, 1.82) is 0 Å². The normalized spacial score (nSPS) is 10.7. The highest BCUT2D eigenvalue weighted by Gasteiger charge is 2.23. The van der Waals surface area contributed by atoms with Gasteiger partial charge in [-0.1, -0.05) is 12.1 Å². The van der Waals surface area contributed by atoms with Crippen LogP contribution < -0.4 is 15.0 Å². The highest BCUT2D eigenvalue weighted by molar-refractivity contribution is 7.15. The Morgan fingerprint density at radius 1 is 1.11 bits per heavy atom. The van der Waals surface area contributed by atoms with Crippen molar-refractivity contribution in [3.05, 3.63) is 35.2 Å². The van der Waals surface area contributed by atoms with Crippen molar-refractivity contribution in [3.8, 4) is 16.9 Å². The average molecular weight is 392 g/mol. The van der Waals surface area contributed by atoms with Gasteiger partial charge in [0.05, 0.1) is 26.8 Å². The summed E-state index contributed by atoms with van der Waals surface area (Å²) in [5.74, 6) is 0.194. The molecule has 146 valence electrons. The topological polar surface area (TPSA) is 69.1 Å². The quantitative estimate of drug-likeness (QED) is 0.645. The summed E-state index contributed by atoms with van der Waals surface area (Å²) in [5.41, 5.74) is 2.01. The molecule has 1 aromatic heterocycles. The molecule has 0 spiro atoms. The van der Waals surface area contributed by atoms with Crippen LogP contribution in [-0.2, 0) is 9.53 Å². The van der Waals surface area contributed by atoms with Crippen molar-refractivity contribution in [2.75, 3.05) is 38.7 Å². The van der Waals surface area contributed by atoms with Gasteiger partial charge in [-0.15, -0.1) is 11.3 Å². The standard InChI is InChI=1S/C20H26N2O4S/c1-5-22(6-2)12-17(23)21-19-18(20(24)26-7-3)16(13-27-19)14-8-10-15(25-4)11-9-14/h8-11,13H,5-7,12H2,1-4H3,(H,21,23)/p+1. The largest absolute Gasteiger partial charge is 0.497 e. The van der Waals surface area contributed by atoms with Crippen molar-refractivity contribution in [2.24, 2.45) is 0 Å². The van der Waals surface area contributed by atoms with E-state index in [9.17, 15) is 9.59 Å². The lowest BCUT2D eigenvalue weighted by molar-refractivity contribution is -0.888. The Morgan fingerprint density at radius 3 is 2.33 bits per heavy atom. The molecule has 0 atom stereocenters. The maximum absolute atomic E-state index is 12.6. The van der Waals surface area contributed by atoms with Gasteiger partial charge in [0, 0.05) is 10.9 Å². The monoisotopic (exact) mass is 391 g/mol. The molecule has 0 bridgehead atoms. The van der Waals surface area contributed by atoms with Gasteiger partial charge in [-0.2, -0.15) is 0 Å². The second-order valence-electron chi connectivity index (χ2n) is 5.98. The summed E-state index contributed by atoms with van der Waals surface area (Å²) in [7, 11) is 1.61. The van der Waals surface area contributed by atoms with E-state index in [1.165, 1.54) is 16.2 Å². The molecule has 0 aliphatic carbocycles. The molecule has 1 aromatic carbocycles. The summed E-state index contributed by atoms with van der Waals surface area (Å²) in [6.07, 6.45) is 0. The molecule has 6 nitrogen and oxygen atoms in total. The van der Waals surface area contributed by atoms with Gasteiger partial charge in [0.15, 0.2) is 6.54 Å². The lowest BCUT2D eigenvalue weighted by Gasteiger charge is -2.15. The molecule has 2 N–H and O–H groups in total. The lowest BCUT2D eigenvalue weighted by Crippen LogP contribution is -3.12. The van der Waals surface area contributed by atoms with E-state index in [0.29, 0.717) is 17.1 Å². The van der Waals surface area contributed by atoms with E-state index in [4.69, 9.17) is 9.47 Å². The highest BCUT2D eigenvalue weighted by Crippen LogP contribution is 2.36. The van der Waals surface area contributed by atoms with Crippen molar-refractivity contribution < 1.29 is 24.0 Å². The van der Waals surface area contributed by atoms with Crippen molar-refractivity contribution >= 4 is 28.2 Å². The number of rotatable bonds is 9. The molecule has 2 aromatic rings.